The summed E-state index contributed by atoms with van der Waals surface area (Å²) in [5.41, 5.74) is 6.76. The minimum absolute atomic E-state index is 0.0409. The number of carbonyl (C=O) groups is 1. The van der Waals surface area contributed by atoms with Crippen molar-refractivity contribution in [2.45, 2.75) is 13.3 Å². The molecule has 0 atom stereocenters. The van der Waals surface area contributed by atoms with Crippen molar-refractivity contribution in [1.82, 2.24) is 4.90 Å². The van der Waals surface area contributed by atoms with E-state index in [1.165, 1.54) is 0 Å². The predicted octanol–water partition coefficient (Wildman–Crippen LogP) is 1.17. The minimum Gasteiger partial charge on any atom is -0.395 e. The summed E-state index contributed by atoms with van der Waals surface area (Å²) in [6.45, 7) is 2.91. The molecule has 1 aromatic carbocycles. The van der Waals surface area contributed by atoms with Crippen LogP contribution in [0.15, 0.2) is 24.3 Å². The smallest absolute Gasteiger partial charge is 0.253 e. The van der Waals surface area contributed by atoms with Crippen molar-refractivity contribution in [2.24, 2.45) is 5.73 Å². The molecule has 5 heteroatoms. The fraction of sp³-hybridized carbons (Fsp3) is 0.385. The molecule has 4 nitrogen and oxygen atoms in total. The van der Waals surface area contributed by atoms with Gasteiger partial charge in [0.15, 0.2) is 0 Å². The van der Waals surface area contributed by atoms with Gasteiger partial charge in [0.2, 0.25) is 0 Å². The van der Waals surface area contributed by atoms with Gasteiger partial charge in [-0.15, -0.1) is 0 Å². The van der Waals surface area contributed by atoms with Crippen molar-refractivity contribution in [3.63, 3.8) is 0 Å². The Balaban J connectivity index is 2.93. The zero-order valence-electron chi connectivity index (χ0n) is 10.4. The van der Waals surface area contributed by atoms with Gasteiger partial charge in [-0.1, -0.05) is 31.3 Å². The first-order valence-electron chi connectivity index (χ1n) is 5.90. The number of aliphatic hydroxyl groups excluding tert-OH is 1. The highest BCUT2D eigenvalue weighted by molar-refractivity contribution is 7.80. The fourth-order valence-electron chi connectivity index (χ4n) is 1.69. The number of amides is 1. The molecule has 0 bridgehead atoms. The molecule has 0 aliphatic heterocycles. The van der Waals surface area contributed by atoms with Gasteiger partial charge in [-0.2, -0.15) is 0 Å². The Kier molecular flexibility index (Phi) is 5.74. The SMILES string of the molecule is CCCN(CCO)C(=O)c1cccc(C(N)=S)c1. The molecular weight excluding hydrogens is 248 g/mol. The van der Waals surface area contributed by atoms with Gasteiger partial charge in [-0.05, 0) is 18.6 Å². The normalized spacial score (nSPS) is 10.1. The van der Waals surface area contributed by atoms with E-state index < -0.39 is 0 Å². The zero-order valence-corrected chi connectivity index (χ0v) is 11.2. The lowest BCUT2D eigenvalue weighted by Gasteiger charge is -2.21. The number of rotatable bonds is 6. The molecule has 0 heterocycles. The third kappa shape index (κ3) is 3.78. The molecular formula is C13H18N2O2S. The number of aliphatic hydroxyl groups is 1. The van der Waals surface area contributed by atoms with Crippen LogP contribution in [0.4, 0.5) is 0 Å². The Bertz CT molecular complexity index is 429. The average molecular weight is 266 g/mol. The summed E-state index contributed by atoms with van der Waals surface area (Å²) in [6, 6.07) is 6.94. The maximum atomic E-state index is 12.2. The Morgan fingerprint density at radius 2 is 2.06 bits per heavy atom. The third-order valence-electron chi connectivity index (χ3n) is 2.54. The van der Waals surface area contributed by atoms with Gasteiger partial charge in [0, 0.05) is 24.2 Å². The van der Waals surface area contributed by atoms with Gasteiger partial charge in [0.05, 0.1) is 6.61 Å². The van der Waals surface area contributed by atoms with Crippen LogP contribution in [-0.2, 0) is 0 Å². The Morgan fingerprint density at radius 1 is 1.39 bits per heavy atom. The van der Waals surface area contributed by atoms with Gasteiger partial charge in [0.25, 0.3) is 5.91 Å². The Labute approximate surface area is 112 Å². The second-order valence-corrected chi connectivity index (χ2v) is 4.40. The molecule has 0 aliphatic carbocycles. The molecule has 0 aromatic heterocycles. The highest BCUT2D eigenvalue weighted by Gasteiger charge is 2.14. The fourth-order valence-corrected chi connectivity index (χ4v) is 1.82. The molecule has 0 unspecified atom stereocenters. The molecule has 98 valence electrons. The first-order valence-corrected chi connectivity index (χ1v) is 6.31. The van der Waals surface area contributed by atoms with Gasteiger partial charge in [-0.3, -0.25) is 4.79 Å². The van der Waals surface area contributed by atoms with Crippen molar-refractivity contribution in [3.8, 4) is 0 Å². The highest BCUT2D eigenvalue weighted by atomic mass is 32.1. The molecule has 0 aliphatic rings. The summed E-state index contributed by atoms with van der Waals surface area (Å²) < 4.78 is 0. The maximum absolute atomic E-state index is 12.2. The lowest BCUT2D eigenvalue weighted by Crippen LogP contribution is -2.34. The van der Waals surface area contributed by atoms with Crippen molar-refractivity contribution >= 4 is 23.1 Å². The van der Waals surface area contributed by atoms with E-state index >= 15 is 0 Å². The van der Waals surface area contributed by atoms with Gasteiger partial charge >= 0.3 is 0 Å². The molecule has 3 N–H and O–H groups in total. The lowest BCUT2D eigenvalue weighted by molar-refractivity contribution is 0.0722. The van der Waals surface area contributed by atoms with Crippen LogP contribution in [0.25, 0.3) is 0 Å². The van der Waals surface area contributed by atoms with Crippen LogP contribution >= 0.6 is 12.2 Å². The lowest BCUT2D eigenvalue weighted by atomic mass is 10.1. The molecule has 0 spiro atoms. The summed E-state index contributed by atoms with van der Waals surface area (Å²) in [7, 11) is 0. The monoisotopic (exact) mass is 266 g/mol. The molecule has 1 aromatic rings. The summed E-state index contributed by atoms with van der Waals surface area (Å²) in [4.78, 5) is 14.1. The summed E-state index contributed by atoms with van der Waals surface area (Å²) in [5.74, 6) is -0.107. The number of thiocarbonyl (C=S) groups is 1. The molecule has 0 radical (unpaired) electrons. The van der Waals surface area contributed by atoms with Crippen molar-refractivity contribution in [1.29, 1.82) is 0 Å². The van der Waals surface area contributed by atoms with E-state index in [1.807, 2.05) is 6.92 Å². The third-order valence-corrected chi connectivity index (χ3v) is 2.78. The topological polar surface area (TPSA) is 66.6 Å². The molecule has 18 heavy (non-hydrogen) atoms. The van der Waals surface area contributed by atoms with Gasteiger partial charge < -0.3 is 15.7 Å². The van der Waals surface area contributed by atoms with Gasteiger partial charge in [0.1, 0.15) is 4.99 Å². The van der Waals surface area contributed by atoms with E-state index in [1.54, 1.807) is 29.2 Å². The highest BCUT2D eigenvalue weighted by Crippen LogP contribution is 2.09. The first-order chi connectivity index (χ1) is 8.60. The molecule has 0 saturated heterocycles. The number of benzene rings is 1. The van der Waals surface area contributed by atoms with E-state index in [0.717, 1.165) is 6.42 Å². The van der Waals surface area contributed by atoms with Crippen molar-refractivity contribution in [2.75, 3.05) is 19.7 Å². The number of nitrogens with zero attached hydrogens (tertiary/aromatic N) is 1. The van der Waals surface area contributed by atoms with Crippen LogP contribution in [0.2, 0.25) is 0 Å². The molecule has 1 rings (SSSR count). The predicted molar refractivity (Wildman–Crippen MR) is 75.6 cm³/mol. The maximum Gasteiger partial charge on any atom is 0.253 e. The van der Waals surface area contributed by atoms with Crippen LogP contribution in [-0.4, -0.2) is 40.6 Å². The van der Waals surface area contributed by atoms with Gasteiger partial charge in [-0.25, -0.2) is 0 Å². The second-order valence-electron chi connectivity index (χ2n) is 3.96. The first kappa shape index (κ1) is 14.6. The number of carbonyl (C=O) groups excluding carboxylic acids is 1. The number of hydrogen-bond donors (Lipinski definition) is 2. The van der Waals surface area contributed by atoms with E-state index in [2.05, 4.69) is 0 Å². The van der Waals surface area contributed by atoms with Crippen LogP contribution in [0, 0.1) is 0 Å². The number of nitrogens with two attached hydrogens (primary N) is 1. The Morgan fingerprint density at radius 3 is 2.61 bits per heavy atom. The molecule has 0 saturated carbocycles. The minimum atomic E-state index is -0.107. The summed E-state index contributed by atoms with van der Waals surface area (Å²) in [5, 5.41) is 8.97. The second kappa shape index (κ2) is 7.08. The summed E-state index contributed by atoms with van der Waals surface area (Å²) >= 11 is 4.89. The zero-order chi connectivity index (χ0) is 13.5. The van der Waals surface area contributed by atoms with Crippen molar-refractivity contribution < 1.29 is 9.90 Å². The molecule has 0 fully saturated rings. The van der Waals surface area contributed by atoms with Crippen LogP contribution in [0.3, 0.4) is 0 Å². The van der Waals surface area contributed by atoms with E-state index in [0.29, 0.717) is 24.2 Å². The summed E-state index contributed by atoms with van der Waals surface area (Å²) in [6.07, 6.45) is 0.848. The van der Waals surface area contributed by atoms with Crippen molar-refractivity contribution in [3.05, 3.63) is 35.4 Å². The Hall–Kier alpha value is -1.46. The largest absolute Gasteiger partial charge is 0.395 e. The standard InChI is InChI=1S/C13H18N2O2S/c1-2-6-15(7-8-16)13(17)11-5-3-4-10(9-11)12(14)18/h3-5,9,16H,2,6-8H2,1H3,(H2,14,18). The number of hydrogen-bond acceptors (Lipinski definition) is 3. The van der Waals surface area contributed by atoms with Crippen LogP contribution in [0.5, 0.6) is 0 Å². The average Bonchev–Trinajstić information content (AvgIpc) is 2.38. The van der Waals surface area contributed by atoms with Crippen LogP contribution < -0.4 is 5.73 Å². The van der Waals surface area contributed by atoms with E-state index in [-0.39, 0.29) is 17.5 Å². The quantitative estimate of drug-likeness (QED) is 0.758. The molecule has 1 amide bonds. The van der Waals surface area contributed by atoms with E-state index in [9.17, 15) is 4.79 Å². The van der Waals surface area contributed by atoms with Crippen LogP contribution in [0.1, 0.15) is 29.3 Å². The van der Waals surface area contributed by atoms with E-state index in [4.69, 9.17) is 23.1 Å².